The van der Waals surface area contributed by atoms with Crippen LogP contribution in [0, 0.1) is 5.92 Å². The largest absolute Gasteiger partial charge is 0.373 e. The van der Waals surface area contributed by atoms with Crippen LogP contribution in [-0.2, 0) is 5.60 Å². The second-order valence-electron chi connectivity index (χ2n) is 6.40. The molecule has 3 atom stereocenters. The molecule has 0 amide bonds. The Bertz CT molecular complexity index is 804. The Kier molecular flexibility index (Phi) is 3.74. The van der Waals surface area contributed by atoms with E-state index in [-0.39, 0.29) is 12.0 Å². The number of fused-ring (bicyclic) bond motifs is 2. The normalized spacial score (nSPS) is 33.8. The molecule has 0 bridgehead atoms. The predicted molar refractivity (Wildman–Crippen MR) is 97.4 cm³/mol. The molecule has 2 heterocycles. The third-order valence-electron chi connectivity index (χ3n) is 4.88. The molecule has 1 aliphatic carbocycles. The lowest BCUT2D eigenvalue weighted by atomic mass is 9.77. The number of hydrazine groups is 1. The van der Waals surface area contributed by atoms with Gasteiger partial charge in [-0.1, -0.05) is 29.3 Å². The van der Waals surface area contributed by atoms with Gasteiger partial charge in [-0.15, -0.1) is 0 Å². The summed E-state index contributed by atoms with van der Waals surface area (Å²) in [4.78, 5) is 4.29. The summed E-state index contributed by atoms with van der Waals surface area (Å²) in [6.07, 6.45) is 3.86. The van der Waals surface area contributed by atoms with Crippen molar-refractivity contribution < 1.29 is 5.11 Å². The molecule has 5 nitrogen and oxygen atoms in total. The van der Waals surface area contributed by atoms with E-state index in [9.17, 15) is 5.11 Å². The fourth-order valence-corrected chi connectivity index (χ4v) is 4.31. The highest BCUT2D eigenvalue weighted by Crippen LogP contribution is 2.47. The average molecular weight is 365 g/mol. The van der Waals surface area contributed by atoms with Crippen LogP contribution >= 0.6 is 23.2 Å². The molecule has 4 rings (SSSR count). The van der Waals surface area contributed by atoms with Crippen LogP contribution < -0.4 is 10.7 Å². The van der Waals surface area contributed by atoms with E-state index in [1.165, 1.54) is 0 Å². The topological polar surface area (TPSA) is 59.9 Å². The maximum Gasteiger partial charge on any atom is 0.172 e. The van der Waals surface area contributed by atoms with Crippen molar-refractivity contribution in [2.45, 2.75) is 11.6 Å². The Morgan fingerprint density at radius 2 is 2.17 bits per heavy atom. The molecule has 0 spiro atoms. The first-order chi connectivity index (χ1) is 11.4. The highest BCUT2D eigenvalue weighted by Gasteiger charge is 2.51. The van der Waals surface area contributed by atoms with E-state index in [1.54, 1.807) is 19.2 Å². The molecule has 3 unspecified atom stereocenters. The molecule has 126 valence electrons. The summed E-state index contributed by atoms with van der Waals surface area (Å²) in [5.41, 5.74) is 4.30. The SMILES string of the molecule is CN=C1Nc2ccc(Cl)cc2C1(O)C1=CC(Cl)=CC2CN(C)NC12. The fourth-order valence-electron chi connectivity index (χ4n) is 3.86. The van der Waals surface area contributed by atoms with Crippen molar-refractivity contribution in [1.29, 1.82) is 0 Å². The van der Waals surface area contributed by atoms with Crippen LogP contribution in [0.15, 0.2) is 45.9 Å². The number of nitrogens with one attached hydrogen (secondary N) is 2. The van der Waals surface area contributed by atoms with E-state index in [0.717, 1.165) is 17.8 Å². The lowest BCUT2D eigenvalue weighted by molar-refractivity contribution is 0.140. The number of hydrogen-bond donors (Lipinski definition) is 3. The van der Waals surface area contributed by atoms with Gasteiger partial charge in [-0.05, 0) is 29.8 Å². The fraction of sp³-hybridized carbons (Fsp3) is 0.353. The van der Waals surface area contributed by atoms with E-state index in [4.69, 9.17) is 23.2 Å². The van der Waals surface area contributed by atoms with Crippen molar-refractivity contribution in [2.75, 3.05) is 26.0 Å². The number of hydrogen-bond acceptors (Lipinski definition) is 4. The number of aliphatic imine (C=N–C) groups is 1. The standard InChI is InChI=1S/C17H18Cl2N4O/c1-20-16-17(24,12-6-10(18)3-4-14(12)21-16)13-7-11(19)5-9-8-23(2)22-15(9)13/h3-7,9,15,22,24H,8H2,1-2H3,(H,20,21). The van der Waals surface area contributed by atoms with Crippen LogP contribution in [-0.4, -0.2) is 42.6 Å². The summed E-state index contributed by atoms with van der Waals surface area (Å²) in [7, 11) is 3.64. The quantitative estimate of drug-likeness (QED) is 0.716. The average Bonchev–Trinajstić information content (AvgIpc) is 3.04. The molecule has 2 aliphatic heterocycles. The Hall–Kier alpha value is -1.37. The van der Waals surface area contributed by atoms with Crippen molar-refractivity contribution in [2.24, 2.45) is 10.9 Å². The van der Waals surface area contributed by atoms with E-state index < -0.39 is 5.60 Å². The van der Waals surface area contributed by atoms with Gasteiger partial charge in [-0.25, -0.2) is 10.4 Å². The smallest absolute Gasteiger partial charge is 0.172 e. The van der Waals surface area contributed by atoms with Gasteiger partial charge in [0.2, 0.25) is 0 Å². The molecule has 0 aromatic heterocycles. The van der Waals surface area contributed by atoms with Crippen LogP contribution in [0.5, 0.6) is 0 Å². The van der Waals surface area contributed by atoms with Gasteiger partial charge in [0, 0.05) is 47.9 Å². The number of nitrogens with zero attached hydrogens (tertiary/aromatic N) is 2. The number of rotatable bonds is 1. The number of aliphatic hydroxyl groups is 1. The van der Waals surface area contributed by atoms with Crippen LogP contribution in [0.4, 0.5) is 5.69 Å². The molecule has 1 aromatic carbocycles. The zero-order chi connectivity index (χ0) is 17.1. The Morgan fingerprint density at radius 1 is 1.38 bits per heavy atom. The third kappa shape index (κ3) is 2.24. The Labute approximate surface area is 150 Å². The van der Waals surface area contributed by atoms with E-state index >= 15 is 0 Å². The summed E-state index contributed by atoms with van der Waals surface area (Å²) in [6.45, 7) is 0.822. The maximum atomic E-state index is 11.7. The summed E-state index contributed by atoms with van der Waals surface area (Å²) in [5, 5.41) is 18.2. The highest BCUT2D eigenvalue weighted by atomic mass is 35.5. The van der Waals surface area contributed by atoms with E-state index in [0.29, 0.717) is 21.5 Å². The number of benzene rings is 1. The molecular weight excluding hydrogens is 347 g/mol. The molecule has 1 fully saturated rings. The van der Waals surface area contributed by atoms with Gasteiger partial charge in [0.25, 0.3) is 0 Å². The molecule has 0 saturated carbocycles. The highest BCUT2D eigenvalue weighted by molar-refractivity contribution is 6.32. The van der Waals surface area contributed by atoms with Gasteiger partial charge in [0.15, 0.2) is 5.60 Å². The summed E-state index contributed by atoms with van der Waals surface area (Å²) < 4.78 is 0. The number of amidine groups is 1. The van der Waals surface area contributed by atoms with Gasteiger partial charge in [-0.2, -0.15) is 0 Å². The summed E-state index contributed by atoms with van der Waals surface area (Å²) in [6, 6.07) is 5.38. The Balaban J connectivity index is 1.91. The monoisotopic (exact) mass is 364 g/mol. The van der Waals surface area contributed by atoms with Crippen molar-refractivity contribution >= 4 is 34.7 Å². The van der Waals surface area contributed by atoms with E-state index in [2.05, 4.69) is 15.7 Å². The third-order valence-corrected chi connectivity index (χ3v) is 5.35. The number of anilines is 1. The van der Waals surface area contributed by atoms with Gasteiger partial charge in [-0.3, -0.25) is 4.99 Å². The molecule has 1 aromatic rings. The minimum absolute atomic E-state index is 0.0500. The summed E-state index contributed by atoms with van der Waals surface area (Å²) >= 11 is 12.5. The van der Waals surface area contributed by atoms with Crippen molar-refractivity contribution in [3.8, 4) is 0 Å². The molecule has 1 saturated heterocycles. The second kappa shape index (κ2) is 5.58. The first-order valence-corrected chi connectivity index (χ1v) is 8.52. The van der Waals surface area contributed by atoms with Crippen molar-refractivity contribution in [3.05, 3.63) is 51.5 Å². The number of halogens is 2. The minimum Gasteiger partial charge on any atom is -0.373 e. The lowest BCUT2D eigenvalue weighted by Gasteiger charge is -2.34. The van der Waals surface area contributed by atoms with Gasteiger partial charge in [0.05, 0.1) is 6.04 Å². The van der Waals surface area contributed by atoms with Crippen LogP contribution in [0.3, 0.4) is 0 Å². The zero-order valence-electron chi connectivity index (χ0n) is 13.3. The van der Waals surface area contributed by atoms with Crippen LogP contribution in [0.1, 0.15) is 5.56 Å². The van der Waals surface area contributed by atoms with Gasteiger partial charge < -0.3 is 10.4 Å². The van der Waals surface area contributed by atoms with Crippen molar-refractivity contribution in [1.82, 2.24) is 10.4 Å². The molecular formula is C17H18Cl2N4O. The van der Waals surface area contributed by atoms with Gasteiger partial charge >= 0.3 is 0 Å². The summed E-state index contributed by atoms with van der Waals surface area (Å²) in [5.74, 6) is 0.667. The molecule has 24 heavy (non-hydrogen) atoms. The minimum atomic E-state index is -1.38. The van der Waals surface area contributed by atoms with Crippen LogP contribution in [0.25, 0.3) is 0 Å². The van der Waals surface area contributed by atoms with Crippen LogP contribution in [0.2, 0.25) is 5.02 Å². The van der Waals surface area contributed by atoms with E-state index in [1.807, 2.05) is 30.3 Å². The Morgan fingerprint density at radius 3 is 2.92 bits per heavy atom. The van der Waals surface area contributed by atoms with Gasteiger partial charge in [0.1, 0.15) is 5.84 Å². The second-order valence-corrected chi connectivity index (χ2v) is 7.27. The molecule has 0 radical (unpaired) electrons. The zero-order valence-corrected chi connectivity index (χ0v) is 14.9. The predicted octanol–water partition coefficient (Wildman–Crippen LogP) is 2.48. The molecule has 3 N–H and O–H groups in total. The maximum absolute atomic E-state index is 11.7. The number of allylic oxidation sites excluding steroid dienone is 2. The first-order valence-electron chi connectivity index (χ1n) is 7.77. The molecule has 7 heteroatoms. The van der Waals surface area contributed by atoms with Crippen molar-refractivity contribution in [3.63, 3.8) is 0 Å². The molecule has 3 aliphatic rings. The lowest BCUT2D eigenvalue weighted by Crippen LogP contribution is -2.47. The first kappa shape index (κ1) is 16.1.